The van der Waals surface area contributed by atoms with Crippen LogP contribution in [-0.4, -0.2) is 39.5 Å². The number of hydrogen-bond donors (Lipinski definition) is 1. The van der Waals surface area contributed by atoms with Gasteiger partial charge in [-0.15, -0.1) is 0 Å². The van der Waals surface area contributed by atoms with Crippen molar-refractivity contribution in [1.82, 2.24) is 9.62 Å². The summed E-state index contributed by atoms with van der Waals surface area (Å²) >= 11 is 6.64. The van der Waals surface area contributed by atoms with Gasteiger partial charge in [0.1, 0.15) is 0 Å². The van der Waals surface area contributed by atoms with Crippen molar-refractivity contribution in [1.29, 1.82) is 0 Å². The molecule has 1 aromatic rings. The third-order valence-corrected chi connectivity index (χ3v) is 6.56. The van der Waals surface area contributed by atoms with Gasteiger partial charge in [0, 0.05) is 21.5 Å². The Morgan fingerprint density at radius 1 is 1.35 bits per heavy atom. The average molecular weight is 426 g/mol. The summed E-state index contributed by atoms with van der Waals surface area (Å²) in [6, 6.07) is 5.08. The topological polar surface area (TPSA) is 49.4 Å². The third kappa shape index (κ3) is 3.82. The lowest BCUT2D eigenvalue weighted by Crippen LogP contribution is -2.48. The monoisotopic (exact) mass is 424 g/mol. The number of likely N-dealkylation sites (tertiary alicyclic amines) is 1. The highest BCUT2D eigenvalue weighted by atomic mass is 79.9. The Hall–Kier alpha value is 0.0500. The van der Waals surface area contributed by atoms with E-state index in [9.17, 15) is 8.42 Å². The van der Waals surface area contributed by atoms with E-state index in [-0.39, 0.29) is 10.9 Å². The highest BCUT2D eigenvalue weighted by Crippen LogP contribution is 2.27. The normalized spacial score (nSPS) is 24.8. The van der Waals surface area contributed by atoms with E-state index in [4.69, 9.17) is 0 Å². The summed E-state index contributed by atoms with van der Waals surface area (Å²) in [5, 5.41) is 0. The van der Waals surface area contributed by atoms with Crippen molar-refractivity contribution in [2.75, 3.05) is 20.1 Å². The highest BCUT2D eigenvalue weighted by Gasteiger charge is 2.29. The van der Waals surface area contributed by atoms with Crippen LogP contribution >= 0.6 is 31.9 Å². The molecule has 0 radical (unpaired) electrons. The predicted molar refractivity (Wildman–Crippen MR) is 87.2 cm³/mol. The van der Waals surface area contributed by atoms with Gasteiger partial charge in [0.2, 0.25) is 10.0 Å². The van der Waals surface area contributed by atoms with E-state index in [1.165, 1.54) is 0 Å². The smallest absolute Gasteiger partial charge is 0.241 e. The Morgan fingerprint density at radius 3 is 2.65 bits per heavy atom. The van der Waals surface area contributed by atoms with Gasteiger partial charge in [0.15, 0.2) is 0 Å². The van der Waals surface area contributed by atoms with E-state index < -0.39 is 10.0 Å². The molecule has 0 bridgehead atoms. The first-order chi connectivity index (χ1) is 9.29. The second-order valence-corrected chi connectivity index (χ2v) is 8.78. The molecule has 2 unspecified atom stereocenters. The summed E-state index contributed by atoms with van der Waals surface area (Å²) in [7, 11) is -1.43. The van der Waals surface area contributed by atoms with Gasteiger partial charge in [0.05, 0.1) is 4.90 Å². The minimum Gasteiger partial charge on any atom is -0.306 e. The standard InChI is InChI=1S/C13H18Br2N2O2S/c1-9-8-17(2)6-5-12(9)16-20(18,19)13-4-3-10(14)7-11(13)15/h3-4,7,9,12,16H,5-6,8H2,1-2H3. The lowest BCUT2D eigenvalue weighted by molar-refractivity contribution is 0.188. The molecule has 112 valence electrons. The molecule has 0 saturated carbocycles. The van der Waals surface area contributed by atoms with Crippen LogP contribution in [-0.2, 0) is 10.0 Å². The van der Waals surface area contributed by atoms with Crippen LogP contribution in [0.4, 0.5) is 0 Å². The minimum absolute atomic E-state index is 0.00764. The van der Waals surface area contributed by atoms with Crippen LogP contribution in [0.1, 0.15) is 13.3 Å². The lowest BCUT2D eigenvalue weighted by atomic mass is 9.95. The first kappa shape index (κ1) is 16.4. The molecule has 2 rings (SSSR count). The molecule has 2 atom stereocenters. The molecule has 1 aliphatic heterocycles. The van der Waals surface area contributed by atoms with Gasteiger partial charge in [0.25, 0.3) is 0 Å². The molecule has 0 spiro atoms. The summed E-state index contributed by atoms with van der Waals surface area (Å²) in [6.07, 6.45) is 0.838. The van der Waals surface area contributed by atoms with Crippen molar-refractivity contribution < 1.29 is 8.42 Å². The van der Waals surface area contributed by atoms with Crippen LogP contribution < -0.4 is 4.72 Å². The molecule has 1 aliphatic rings. The minimum atomic E-state index is -3.49. The average Bonchev–Trinajstić information content (AvgIpc) is 2.32. The molecule has 1 fully saturated rings. The number of benzene rings is 1. The molecule has 4 nitrogen and oxygen atoms in total. The van der Waals surface area contributed by atoms with E-state index in [1.54, 1.807) is 18.2 Å². The van der Waals surface area contributed by atoms with Crippen molar-refractivity contribution in [2.24, 2.45) is 5.92 Å². The summed E-state index contributed by atoms with van der Waals surface area (Å²) in [5.74, 6) is 0.303. The molecule has 0 amide bonds. The summed E-state index contributed by atoms with van der Waals surface area (Å²) in [5.41, 5.74) is 0. The van der Waals surface area contributed by atoms with Gasteiger partial charge >= 0.3 is 0 Å². The SMILES string of the molecule is CC1CN(C)CCC1NS(=O)(=O)c1ccc(Br)cc1Br. The van der Waals surface area contributed by atoms with Gasteiger partial charge in [-0.1, -0.05) is 22.9 Å². The summed E-state index contributed by atoms with van der Waals surface area (Å²) in [6.45, 7) is 3.91. The van der Waals surface area contributed by atoms with Gasteiger partial charge in [-0.3, -0.25) is 0 Å². The van der Waals surface area contributed by atoms with Gasteiger partial charge in [-0.2, -0.15) is 0 Å². The van der Waals surface area contributed by atoms with Crippen LogP contribution in [0.5, 0.6) is 0 Å². The number of hydrogen-bond acceptors (Lipinski definition) is 3. The van der Waals surface area contributed by atoms with Crippen molar-refractivity contribution in [3.63, 3.8) is 0 Å². The molecule has 1 N–H and O–H groups in total. The van der Waals surface area contributed by atoms with Crippen LogP contribution in [0.25, 0.3) is 0 Å². The van der Waals surface area contributed by atoms with Crippen LogP contribution in [0.2, 0.25) is 0 Å². The van der Waals surface area contributed by atoms with Crippen LogP contribution in [0.15, 0.2) is 32.0 Å². The van der Waals surface area contributed by atoms with Crippen molar-refractivity contribution in [3.05, 3.63) is 27.1 Å². The van der Waals surface area contributed by atoms with E-state index in [0.717, 1.165) is 24.0 Å². The van der Waals surface area contributed by atoms with E-state index in [2.05, 4.69) is 55.5 Å². The maximum atomic E-state index is 12.5. The second-order valence-electron chi connectivity index (χ2n) is 5.33. The lowest BCUT2D eigenvalue weighted by Gasteiger charge is -2.35. The molecule has 0 aliphatic carbocycles. The summed E-state index contributed by atoms with van der Waals surface area (Å²) < 4.78 is 29.2. The number of piperidine rings is 1. The van der Waals surface area contributed by atoms with E-state index in [1.807, 2.05) is 0 Å². The molecule has 7 heteroatoms. The first-order valence-corrected chi connectivity index (χ1v) is 9.52. The molecule has 0 aromatic heterocycles. The number of sulfonamides is 1. The zero-order chi connectivity index (χ0) is 14.9. The van der Waals surface area contributed by atoms with Crippen molar-refractivity contribution in [3.8, 4) is 0 Å². The molecule has 20 heavy (non-hydrogen) atoms. The van der Waals surface area contributed by atoms with Crippen LogP contribution in [0, 0.1) is 5.92 Å². The zero-order valence-electron chi connectivity index (χ0n) is 11.4. The van der Waals surface area contributed by atoms with Gasteiger partial charge in [-0.25, -0.2) is 13.1 Å². The van der Waals surface area contributed by atoms with Gasteiger partial charge in [-0.05, 0) is 60.1 Å². The molecular formula is C13H18Br2N2O2S. The summed E-state index contributed by atoms with van der Waals surface area (Å²) in [4.78, 5) is 2.51. The molecule has 1 aromatic carbocycles. The molecule has 1 heterocycles. The zero-order valence-corrected chi connectivity index (χ0v) is 15.4. The van der Waals surface area contributed by atoms with E-state index in [0.29, 0.717) is 10.4 Å². The Balaban J connectivity index is 2.19. The fraction of sp³-hybridized carbons (Fsp3) is 0.538. The Morgan fingerprint density at radius 2 is 2.05 bits per heavy atom. The Bertz CT molecular complexity index is 592. The third-order valence-electron chi connectivity index (χ3n) is 3.60. The number of halogens is 2. The number of rotatable bonds is 3. The fourth-order valence-corrected chi connectivity index (χ4v) is 5.61. The molecule has 1 saturated heterocycles. The quantitative estimate of drug-likeness (QED) is 0.809. The first-order valence-electron chi connectivity index (χ1n) is 6.45. The number of nitrogens with one attached hydrogen (secondary N) is 1. The Kier molecular flexibility index (Phi) is 5.29. The van der Waals surface area contributed by atoms with Gasteiger partial charge < -0.3 is 4.90 Å². The maximum absolute atomic E-state index is 12.5. The van der Waals surface area contributed by atoms with Crippen LogP contribution in [0.3, 0.4) is 0 Å². The van der Waals surface area contributed by atoms with E-state index >= 15 is 0 Å². The van der Waals surface area contributed by atoms with Crippen molar-refractivity contribution >= 4 is 41.9 Å². The largest absolute Gasteiger partial charge is 0.306 e. The highest BCUT2D eigenvalue weighted by molar-refractivity contribution is 9.11. The van der Waals surface area contributed by atoms with Crippen molar-refractivity contribution in [2.45, 2.75) is 24.3 Å². The molecular weight excluding hydrogens is 408 g/mol. The predicted octanol–water partition coefficient (Wildman–Crippen LogP) is 2.83. The fourth-order valence-electron chi connectivity index (χ4n) is 2.49. The number of nitrogens with zero attached hydrogens (tertiary/aromatic N) is 1. The second kappa shape index (κ2) is 6.44. The maximum Gasteiger partial charge on any atom is 0.241 e. The Labute approximate surface area is 137 Å².